The van der Waals surface area contributed by atoms with E-state index in [-0.39, 0.29) is 0 Å². The molecule has 0 fully saturated rings. The predicted octanol–water partition coefficient (Wildman–Crippen LogP) is 6.30. The van der Waals surface area contributed by atoms with Crippen molar-refractivity contribution in [3.8, 4) is 0 Å². The third-order valence-electron chi connectivity index (χ3n) is 3.98. The molecule has 2 aromatic rings. The van der Waals surface area contributed by atoms with Crippen LogP contribution < -0.4 is 0 Å². The summed E-state index contributed by atoms with van der Waals surface area (Å²) in [7, 11) is 0. The van der Waals surface area contributed by atoms with Crippen molar-refractivity contribution in [1.82, 2.24) is 0 Å². The van der Waals surface area contributed by atoms with Gasteiger partial charge < -0.3 is 0 Å². The van der Waals surface area contributed by atoms with Crippen LogP contribution in [0.4, 0.5) is 0 Å². The summed E-state index contributed by atoms with van der Waals surface area (Å²) in [5.74, 6) is 0. The quantitative estimate of drug-likeness (QED) is 0.369. The molecule has 0 N–H and O–H groups in total. The van der Waals surface area contributed by atoms with E-state index in [1.54, 1.807) is 0 Å². The zero-order chi connectivity index (χ0) is 14.0. The molecule has 0 atom stereocenters. The van der Waals surface area contributed by atoms with Gasteiger partial charge in [0, 0.05) is 0 Å². The molecule has 0 radical (unpaired) electrons. The molecule has 0 heterocycles. The van der Waals surface area contributed by atoms with Gasteiger partial charge in [-0.15, -0.1) is 6.58 Å². The average Bonchev–Trinajstić information content (AvgIpc) is 2.50. The molecule has 0 saturated heterocycles. The Morgan fingerprint density at radius 3 is 2.30 bits per heavy atom. The number of aryl methyl sites for hydroxylation is 1. The molecular formula is C20H26. The number of benzene rings is 2. The molecule has 20 heavy (non-hydrogen) atoms. The van der Waals surface area contributed by atoms with Gasteiger partial charge in [0.15, 0.2) is 0 Å². The molecule has 0 aliphatic heterocycles. The molecule has 0 nitrogen and oxygen atoms in total. The number of rotatable bonds is 9. The Morgan fingerprint density at radius 2 is 1.45 bits per heavy atom. The number of hydrogen-bond donors (Lipinski definition) is 0. The lowest BCUT2D eigenvalue weighted by Gasteiger charge is -2.06. The van der Waals surface area contributed by atoms with Gasteiger partial charge >= 0.3 is 0 Å². The third-order valence-corrected chi connectivity index (χ3v) is 3.98. The minimum atomic E-state index is 1.18. The Bertz CT molecular complexity index is 519. The predicted molar refractivity (Wildman–Crippen MR) is 90.2 cm³/mol. The van der Waals surface area contributed by atoms with Crippen molar-refractivity contribution in [2.45, 2.75) is 51.4 Å². The monoisotopic (exact) mass is 266 g/mol. The van der Waals surface area contributed by atoms with E-state index in [0.29, 0.717) is 0 Å². The molecule has 0 aliphatic carbocycles. The maximum absolute atomic E-state index is 3.77. The second-order valence-electron chi connectivity index (χ2n) is 5.59. The molecule has 0 spiro atoms. The summed E-state index contributed by atoms with van der Waals surface area (Å²) in [6.45, 7) is 3.77. The summed E-state index contributed by atoms with van der Waals surface area (Å²) < 4.78 is 0. The SMILES string of the molecule is C=CCCCCCCCCc1cccc2ccccc12. The van der Waals surface area contributed by atoms with E-state index in [1.807, 2.05) is 6.08 Å². The van der Waals surface area contributed by atoms with Crippen molar-refractivity contribution in [2.75, 3.05) is 0 Å². The lowest BCUT2D eigenvalue weighted by molar-refractivity contribution is 0.597. The highest BCUT2D eigenvalue weighted by Crippen LogP contribution is 2.20. The maximum Gasteiger partial charge on any atom is -0.0152 e. The van der Waals surface area contributed by atoms with Crippen LogP contribution in [-0.2, 0) is 6.42 Å². The number of unbranched alkanes of at least 4 members (excludes halogenated alkanes) is 6. The Balaban J connectivity index is 1.72. The molecule has 0 bridgehead atoms. The standard InChI is InChI=1S/C20H26/c1-2-3-4-5-6-7-8-9-13-18-15-12-16-19-14-10-11-17-20(18)19/h2,10-12,14-17H,1,3-9,13H2. The number of fused-ring (bicyclic) bond motifs is 1. The highest BCUT2D eigenvalue weighted by molar-refractivity contribution is 5.85. The molecule has 0 saturated carbocycles. The van der Waals surface area contributed by atoms with E-state index in [4.69, 9.17) is 0 Å². The zero-order valence-electron chi connectivity index (χ0n) is 12.5. The lowest BCUT2D eigenvalue weighted by Crippen LogP contribution is -1.88. The minimum Gasteiger partial charge on any atom is -0.103 e. The van der Waals surface area contributed by atoms with E-state index in [0.717, 1.165) is 0 Å². The van der Waals surface area contributed by atoms with Gasteiger partial charge in [0.25, 0.3) is 0 Å². The van der Waals surface area contributed by atoms with Crippen molar-refractivity contribution < 1.29 is 0 Å². The summed E-state index contributed by atoms with van der Waals surface area (Å²) in [6, 6.07) is 15.4. The highest BCUT2D eigenvalue weighted by atomic mass is 14.0. The first kappa shape index (κ1) is 14.8. The normalized spacial score (nSPS) is 10.8. The molecule has 0 aromatic heterocycles. The van der Waals surface area contributed by atoms with E-state index >= 15 is 0 Å². The Labute approximate surface area is 123 Å². The molecule has 0 aliphatic rings. The van der Waals surface area contributed by atoms with E-state index < -0.39 is 0 Å². The fraction of sp³-hybridized carbons (Fsp3) is 0.400. The van der Waals surface area contributed by atoms with Gasteiger partial charge in [-0.2, -0.15) is 0 Å². The van der Waals surface area contributed by atoms with Gasteiger partial charge in [0.1, 0.15) is 0 Å². The minimum absolute atomic E-state index is 1.18. The van der Waals surface area contributed by atoms with Gasteiger partial charge in [0.05, 0.1) is 0 Å². The second-order valence-corrected chi connectivity index (χ2v) is 5.59. The van der Waals surface area contributed by atoms with Crippen LogP contribution in [0.2, 0.25) is 0 Å². The second kappa shape index (κ2) is 8.58. The van der Waals surface area contributed by atoms with Crippen molar-refractivity contribution in [3.63, 3.8) is 0 Å². The Kier molecular flexibility index (Phi) is 6.37. The van der Waals surface area contributed by atoms with Crippen LogP contribution in [0.5, 0.6) is 0 Å². The van der Waals surface area contributed by atoms with Crippen LogP contribution in [0.1, 0.15) is 50.5 Å². The van der Waals surface area contributed by atoms with Gasteiger partial charge in [-0.05, 0) is 42.0 Å². The van der Waals surface area contributed by atoms with Crippen LogP contribution in [0.15, 0.2) is 55.1 Å². The summed E-state index contributed by atoms with van der Waals surface area (Å²) in [6.07, 6.45) is 12.5. The van der Waals surface area contributed by atoms with Crippen LogP contribution in [0, 0.1) is 0 Å². The fourth-order valence-corrected chi connectivity index (χ4v) is 2.82. The number of hydrogen-bond acceptors (Lipinski definition) is 0. The summed E-state index contributed by atoms with van der Waals surface area (Å²) in [5, 5.41) is 2.80. The van der Waals surface area contributed by atoms with E-state index in [2.05, 4.69) is 49.0 Å². The topological polar surface area (TPSA) is 0 Å². The summed E-state index contributed by atoms with van der Waals surface area (Å²) >= 11 is 0. The summed E-state index contributed by atoms with van der Waals surface area (Å²) in [5.41, 5.74) is 1.51. The first-order chi connectivity index (χ1) is 9.92. The zero-order valence-corrected chi connectivity index (χ0v) is 12.5. The van der Waals surface area contributed by atoms with Gasteiger partial charge in [-0.1, -0.05) is 74.2 Å². The van der Waals surface area contributed by atoms with Crippen LogP contribution in [0.25, 0.3) is 10.8 Å². The molecular weight excluding hydrogens is 240 g/mol. The van der Waals surface area contributed by atoms with Crippen molar-refractivity contribution in [2.24, 2.45) is 0 Å². The van der Waals surface area contributed by atoms with E-state index in [9.17, 15) is 0 Å². The molecule has 106 valence electrons. The molecule has 0 amide bonds. The lowest BCUT2D eigenvalue weighted by atomic mass is 9.99. The van der Waals surface area contributed by atoms with Gasteiger partial charge in [0.2, 0.25) is 0 Å². The first-order valence-electron chi connectivity index (χ1n) is 7.99. The molecule has 0 heteroatoms. The highest BCUT2D eigenvalue weighted by Gasteiger charge is 2.00. The summed E-state index contributed by atoms with van der Waals surface area (Å²) in [4.78, 5) is 0. The van der Waals surface area contributed by atoms with Gasteiger partial charge in [-0.25, -0.2) is 0 Å². The smallest absolute Gasteiger partial charge is 0.0152 e. The maximum atomic E-state index is 3.77. The Hall–Kier alpha value is -1.56. The van der Waals surface area contributed by atoms with Crippen molar-refractivity contribution in [1.29, 1.82) is 0 Å². The molecule has 0 unspecified atom stereocenters. The fourth-order valence-electron chi connectivity index (χ4n) is 2.82. The van der Waals surface area contributed by atoms with Gasteiger partial charge in [-0.3, -0.25) is 0 Å². The van der Waals surface area contributed by atoms with Crippen LogP contribution in [0.3, 0.4) is 0 Å². The first-order valence-corrected chi connectivity index (χ1v) is 7.99. The third kappa shape index (κ3) is 4.52. The average molecular weight is 266 g/mol. The molecule has 2 aromatic carbocycles. The van der Waals surface area contributed by atoms with Crippen LogP contribution >= 0.6 is 0 Å². The molecule has 2 rings (SSSR count). The van der Waals surface area contributed by atoms with Crippen molar-refractivity contribution >= 4 is 10.8 Å². The largest absolute Gasteiger partial charge is 0.103 e. The van der Waals surface area contributed by atoms with Crippen LogP contribution in [-0.4, -0.2) is 0 Å². The number of allylic oxidation sites excluding steroid dienone is 1. The van der Waals surface area contributed by atoms with E-state index in [1.165, 1.54) is 67.7 Å². The van der Waals surface area contributed by atoms with Crippen molar-refractivity contribution in [3.05, 3.63) is 60.7 Å². The Morgan fingerprint density at radius 1 is 0.750 bits per heavy atom.